The standard InChI is InChI=1S/C16H22N2O3/c1-10(2)7-12(16(20)21)9-17-15(19)14-8-11-5-3-4-6-13(11)18-14/h3-6,10,12,14,18H,7-9H2,1-2H3,(H,17,19)(H,20,21)/t12?,14-/m0/s1. The molecule has 0 spiro atoms. The Morgan fingerprint density at radius 3 is 2.71 bits per heavy atom. The largest absolute Gasteiger partial charge is 0.481 e. The molecule has 1 aliphatic heterocycles. The van der Waals surface area contributed by atoms with E-state index >= 15 is 0 Å². The summed E-state index contributed by atoms with van der Waals surface area (Å²) in [5, 5.41) is 15.1. The summed E-state index contributed by atoms with van der Waals surface area (Å²) < 4.78 is 0. The number of rotatable bonds is 6. The van der Waals surface area contributed by atoms with Crippen LogP contribution in [0.1, 0.15) is 25.8 Å². The summed E-state index contributed by atoms with van der Waals surface area (Å²) in [6.45, 7) is 4.14. The van der Waals surface area contributed by atoms with Crippen molar-refractivity contribution in [2.24, 2.45) is 11.8 Å². The number of carbonyl (C=O) groups is 2. The maximum atomic E-state index is 12.2. The summed E-state index contributed by atoms with van der Waals surface area (Å²) in [5.74, 6) is -1.23. The number of amides is 1. The second kappa shape index (κ2) is 6.61. The summed E-state index contributed by atoms with van der Waals surface area (Å²) in [6, 6.07) is 7.51. The van der Waals surface area contributed by atoms with Crippen LogP contribution >= 0.6 is 0 Å². The first-order valence-corrected chi connectivity index (χ1v) is 7.32. The zero-order valence-corrected chi connectivity index (χ0v) is 12.4. The lowest BCUT2D eigenvalue weighted by molar-refractivity contribution is -0.142. The van der Waals surface area contributed by atoms with Gasteiger partial charge in [-0.05, 0) is 24.0 Å². The molecule has 0 radical (unpaired) electrons. The lowest BCUT2D eigenvalue weighted by Gasteiger charge is -2.17. The predicted octanol–water partition coefficient (Wildman–Crippen LogP) is 1.89. The number of nitrogens with one attached hydrogen (secondary N) is 2. The van der Waals surface area contributed by atoms with Crippen LogP contribution in [0.5, 0.6) is 0 Å². The number of anilines is 1. The smallest absolute Gasteiger partial charge is 0.308 e. The number of carboxylic acid groups (broad SMARTS) is 1. The number of aliphatic carboxylic acids is 1. The first-order chi connectivity index (χ1) is 9.97. The summed E-state index contributed by atoms with van der Waals surface area (Å²) in [6.07, 6.45) is 1.21. The molecule has 1 aromatic carbocycles. The van der Waals surface area contributed by atoms with Crippen LogP contribution in [0, 0.1) is 11.8 Å². The summed E-state index contributed by atoms with van der Waals surface area (Å²) >= 11 is 0. The summed E-state index contributed by atoms with van der Waals surface area (Å²) in [7, 11) is 0. The van der Waals surface area contributed by atoms with Crippen LogP contribution in [-0.4, -0.2) is 29.6 Å². The second-order valence-electron chi connectivity index (χ2n) is 5.97. The molecule has 2 atom stereocenters. The third-order valence-corrected chi connectivity index (χ3v) is 3.72. The van der Waals surface area contributed by atoms with Crippen molar-refractivity contribution in [2.45, 2.75) is 32.7 Å². The van der Waals surface area contributed by atoms with Crippen molar-refractivity contribution in [2.75, 3.05) is 11.9 Å². The van der Waals surface area contributed by atoms with Gasteiger partial charge in [-0.15, -0.1) is 0 Å². The van der Waals surface area contributed by atoms with Crippen LogP contribution in [0.4, 0.5) is 5.69 Å². The number of carbonyl (C=O) groups excluding carboxylic acids is 1. The molecule has 0 aliphatic carbocycles. The van der Waals surface area contributed by atoms with Gasteiger partial charge in [-0.1, -0.05) is 32.0 Å². The van der Waals surface area contributed by atoms with Crippen molar-refractivity contribution in [1.82, 2.24) is 5.32 Å². The second-order valence-corrected chi connectivity index (χ2v) is 5.97. The fourth-order valence-corrected chi connectivity index (χ4v) is 2.64. The highest BCUT2D eigenvalue weighted by Crippen LogP contribution is 2.25. The minimum absolute atomic E-state index is 0.138. The maximum absolute atomic E-state index is 12.2. The lowest BCUT2D eigenvalue weighted by atomic mass is 9.97. The molecular weight excluding hydrogens is 268 g/mol. The van der Waals surface area contributed by atoms with E-state index in [-0.39, 0.29) is 24.4 Å². The molecule has 0 saturated heterocycles. The molecule has 1 heterocycles. The van der Waals surface area contributed by atoms with Crippen LogP contribution in [-0.2, 0) is 16.0 Å². The highest BCUT2D eigenvalue weighted by atomic mass is 16.4. The van der Waals surface area contributed by atoms with E-state index in [2.05, 4.69) is 10.6 Å². The normalized spacial score (nSPS) is 18.0. The van der Waals surface area contributed by atoms with Gasteiger partial charge < -0.3 is 15.7 Å². The molecule has 21 heavy (non-hydrogen) atoms. The van der Waals surface area contributed by atoms with Gasteiger partial charge in [0.1, 0.15) is 6.04 Å². The monoisotopic (exact) mass is 290 g/mol. The molecule has 114 valence electrons. The van der Waals surface area contributed by atoms with E-state index in [4.69, 9.17) is 0 Å². The predicted molar refractivity (Wildman–Crippen MR) is 81.1 cm³/mol. The minimum atomic E-state index is -0.855. The van der Waals surface area contributed by atoms with Gasteiger partial charge in [0.05, 0.1) is 5.92 Å². The van der Waals surface area contributed by atoms with Gasteiger partial charge in [-0.25, -0.2) is 0 Å². The fraction of sp³-hybridized carbons (Fsp3) is 0.500. The Morgan fingerprint density at radius 2 is 2.10 bits per heavy atom. The SMILES string of the molecule is CC(C)CC(CNC(=O)[C@@H]1Cc2ccccc2N1)C(=O)O. The molecule has 0 fully saturated rings. The van der Waals surface area contributed by atoms with Gasteiger partial charge in [0, 0.05) is 18.7 Å². The van der Waals surface area contributed by atoms with Crippen LogP contribution in [0.2, 0.25) is 0 Å². The Bertz CT molecular complexity index is 503. The van der Waals surface area contributed by atoms with E-state index in [1.807, 2.05) is 38.1 Å². The van der Waals surface area contributed by atoms with E-state index in [1.54, 1.807) is 0 Å². The maximum Gasteiger partial charge on any atom is 0.308 e. The van der Waals surface area contributed by atoms with Crippen molar-refractivity contribution >= 4 is 17.6 Å². The molecule has 5 heteroatoms. The molecule has 2 rings (SSSR count). The Morgan fingerprint density at radius 1 is 1.38 bits per heavy atom. The molecule has 0 aromatic heterocycles. The number of carboxylic acids is 1. The molecule has 1 amide bonds. The average molecular weight is 290 g/mol. The summed E-state index contributed by atoms with van der Waals surface area (Å²) in [5.41, 5.74) is 2.10. The number of benzene rings is 1. The third-order valence-electron chi connectivity index (χ3n) is 3.72. The van der Waals surface area contributed by atoms with Crippen molar-refractivity contribution < 1.29 is 14.7 Å². The number of hydrogen-bond acceptors (Lipinski definition) is 3. The van der Waals surface area contributed by atoms with E-state index in [1.165, 1.54) is 0 Å². The van der Waals surface area contributed by atoms with Crippen molar-refractivity contribution in [1.29, 1.82) is 0 Å². The third kappa shape index (κ3) is 3.97. The first-order valence-electron chi connectivity index (χ1n) is 7.32. The molecule has 1 unspecified atom stereocenters. The summed E-state index contributed by atoms with van der Waals surface area (Å²) in [4.78, 5) is 23.3. The Balaban J connectivity index is 1.87. The number of hydrogen-bond donors (Lipinski definition) is 3. The fourth-order valence-electron chi connectivity index (χ4n) is 2.64. The average Bonchev–Trinajstić information content (AvgIpc) is 2.86. The van der Waals surface area contributed by atoms with Crippen molar-refractivity contribution in [3.63, 3.8) is 0 Å². The number of para-hydroxylation sites is 1. The van der Waals surface area contributed by atoms with Gasteiger partial charge in [0.15, 0.2) is 0 Å². The molecule has 0 saturated carbocycles. The zero-order chi connectivity index (χ0) is 15.4. The molecular formula is C16H22N2O3. The minimum Gasteiger partial charge on any atom is -0.481 e. The molecule has 1 aromatic rings. The first kappa shape index (κ1) is 15.4. The van der Waals surface area contributed by atoms with E-state index in [0.29, 0.717) is 12.8 Å². The van der Waals surface area contributed by atoms with Crippen LogP contribution in [0.3, 0.4) is 0 Å². The molecule has 1 aliphatic rings. The van der Waals surface area contributed by atoms with Gasteiger partial charge >= 0.3 is 5.97 Å². The topological polar surface area (TPSA) is 78.4 Å². The van der Waals surface area contributed by atoms with Gasteiger partial charge in [-0.2, -0.15) is 0 Å². The molecule has 3 N–H and O–H groups in total. The van der Waals surface area contributed by atoms with Crippen molar-refractivity contribution in [3.8, 4) is 0 Å². The quantitative estimate of drug-likeness (QED) is 0.747. The Kier molecular flexibility index (Phi) is 4.83. The van der Waals surface area contributed by atoms with Crippen LogP contribution in [0.15, 0.2) is 24.3 Å². The van der Waals surface area contributed by atoms with Crippen molar-refractivity contribution in [3.05, 3.63) is 29.8 Å². The van der Waals surface area contributed by atoms with Gasteiger partial charge in [0.2, 0.25) is 5.91 Å². The Labute approximate surface area is 124 Å². The van der Waals surface area contributed by atoms with Crippen LogP contribution in [0.25, 0.3) is 0 Å². The van der Waals surface area contributed by atoms with Gasteiger partial charge in [0.25, 0.3) is 0 Å². The molecule has 0 bridgehead atoms. The van der Waals surface area contributed by atoms with E-state index in [0.717, 1.165) is 11.3 Å². The lowest BCUT2D eigenvalue weighted by Crippen LogP contribution is -2.42. The van der Waals surface area contributed by atoms with E-state index in [9.17, 15) is 14.7 Å². The van der Waals surface area contributed by atoms with Gasteiger partial charge in [-0.3, -0.25) is 9.59 Å². The van der Waals surface area contributed by atoms with Crippen LogP contribution < -0.4 is 10.6 Å². The zero-order valence-electron chi connectivity index (χ0n) is 12.4. The Hall–Kier alpha value is -2.04. The highest BCUT2D eigenvalue weighted by Gasteiger charge is 2.27. The molecule has 5 nitrogen and oxygen atoms in total. The van der Waals surface area contributed by atoms with E-state index < -0.39 is 11.9 Å². The highest BCUT2D eigenvalue weighted by molar-refractivity contribution is 5.87. The number of fused-ring (bicyclic) bond motifs is 1.